The summed E-state index contributed by atoms with van der Waals surface area (Å²) in [5.41, 5.74) is 0.479. The van der Waals surface area contributed by atoms with Gasteiger partial charge in [-0.25, -0.2) is 14.5 Å². The predicted octanol–water partition coefficient (Wildman–Crippen LogP) is 4.53. The van der Waals surface area contributed by atoms with Crippen molar-refractivity contribution in [2.24, 2.45) is 5.92 Å². The van der Waals surface area contributed by atoms with E-state index in [-0.39, 0.29) is 31.2 Å². The summed E-state index contributed by atoms with van der Waals surface area (Å²) in [6.45, 7) is 11.6. The van der Waals surface area contributed by atoms with Gasteiger partial charge >= 0.3 is 12.1 Å². The fourth-order valence-electron chi connectivity index (χ4n) is 7.10. The van der Waals surface area contributed by atoms with Gasteiger partial charge in [-0.15, -0.1) is 0 Å². The molecule has 2 aromatic carbocycles. The SMILES string of the molecule is CC.CCCC(NC(=O)C1CN(Cc2ccccc2)C(=O)N1C(=O)C(NC(=O)OC(C)(C)C)C1CCCCC1)C(O)C(=O)NCC(=O)N[C@H](C(C)=O)c1ccccc1. The average Bonchev–Trinajstić information content (AvgIpc) is 3.53. The van der Waals surface area contributed by atoms with E-state index in [0.29, 0.717) is 24.8 Å². The van der Waals surface area contributed by atoms with Gasteiger partial charge in [0.25, 0.3) is 11.8 Å². The predicted molar refractivity (Wildman–Crippen MR) is 218 cm³/mol. The summed E-state index contributed by atoms with van der Waals surface area (Å²) in [6.07, 6.45) is 1.81. The Balaban J connectivity index is 0.00000443. The minimum atomic E-state index is -1.81. The zero-order valence-electron chi connectivity index (χ0n) is 34.9. The van der Waals surface area contributed by atoms with Crippen LogP contribution < -0.4 is 21.3 Å². The summed E-state index contributed by atoms with van der Waals surface area (Å²) in [5, 5.41) is 21.5. The highest BCUT2D eigenvalue weighted by Gasteiger charge is 2.49. The largest absolute Gasteiger partial charge is 0.444 e. The van der Waals surface area contributed by atoms with Crippen LogP contribution in [0.15, 0.2) is 60.7 Å². The van der Waals surface area contributed by atoms with Crippen molar-refractivity contribution in [2.75, 3.05) is 13.1 Å². The van der Waals surface area contributed by atoms with Gasteiger partial charge in [0, 0.05) is 6.54 Å². The molecule has 1 aliphatic carbocycles. The number of imide groups is 1. The van der Waals surface area contributed by atoms with Gasteiger partial charge in [0.1, 0.15) is 23.7 Å². The molecule has 2 aromatic rings. The molecule has 5 atom stereocenters. The number of ketones is 1. The number of nitrogens with zero attached hydrogens (tertiary/aromatic N) is 2. The Bertz CT molecular complexity index is 1690. The first-order valence-corrected chi connectivity index (χ1v) is 20.4. The second kappa shape index (κ2) is 22.6. The van der Waals surface area contributed by atoms with Crippen molar-refractivity contribution >= 4 is 41.5 Å². The molecule has 1 heterocycles. The number of rotatable bonds is 16. The molecule has 318 valence electrons. The first-order valence-electron chi connectivity index (χ1n) is 20.4. The van der Waals surface area contributed by atoms with E-state index in [1.807, 2.05) is 44.2 Å². The summed E-state index contributed by atoms with van der Waals surface area (Å²) >= 11 is 0. The van der Waals surface area contributed by atoms with E-state index in [9.17, 15) is 38.7 Å². The van der Waals surface area contributed by atoms with Gasteiger partial charge in [-0.05, 0) is 64.0 Å². The minimum Gasteiger partial charge on any atom is -0.444 e. The van der Waals surface area contributed by atoms with Crippen molar-refractivity contribution in [2.45, 2.75) is 136 Å². The van der Waals surface area contributed by atoms with Crippen LogP contribution in [0.4, 0.5) is 9.59 Å². The zero-order valence-corrected chi connectivity index (χ0v) is 34.9. The van der Waals surface area contributed by atoms with Crippen LogP contribution in [0.5, 0.6) is 0 Å². The molecule has 15 heteroatoms. The third kappa shape index (κ3) is 13.7. The van der Waals surface area contributed by atoms with E-state index in [2.05, 4.69) is 21.3 Å². The fraction of sp³-hybridized carbons (Fsp3) is 0.558. The van der Waals surface area contributed by atoms with Gasteiger partial charge in [-0.2, -0.15) is 0 Å². The molecule has 4 rings (SSSR count). The van der Waals surface area contributed by atoms with E-state index in [1.165, 1.54) is 11.8 Å². The summed E-state index contributed by atoms with van der Waals surface area (Å²) in [6, 6.07) is 12.3. The number of alkyl carbamates (subject to hydrolysis) is 1. The summed E-state index contributed by atoms with van der Waals surface area (Å²) in [7, 11) is 0. The van der Waals surface area contributed by atoms with Gasteiger partial charge in [-0.3, -0.25) is 24.0 Å². The molecule has 58 heavy (non-hydrogen) atoms. The third-order valence-electron chi connectivity index (χ3n) is 9.84. The van der Waals surface area contributed by atoms with Crippen molar-refractivity contribution in [3.63, 3.8) is 0 Å². The molecule has 0 radical (unpaired) electrons. The normalized spacial score (nSPS) is 17.7. The number of carbonyl (C=O) groups is 7. The van der Waals surface area contributed by atoms with Crippen LogP contribution >= 0.6 is 0 Å². The smallest absolute Gasteiger partial charge is 0.408 e. The molecule has 1 saturated carbocycles. The highest BCUT2D eigenvalue weighted by Crippen LogP contribution is 2.30. The van der Waals surface area contributed by atoms with Crippen LogP contribution in [-0.4, -0.2) is 99.4 Å². The highest BCUT2D eigenvalue weighted by molar-refractivity contribution is 6.05. The number of ether oxygens (including phenoxy) is 1. The molecule has 7 amide bonds. The lowest BCUT2D eigenvalue weighted by molar-refractivity contribution is -0.140. The number of hydrogen-bond acceptors (Lipinski definition) is 9. The van der Waals surface area contributed by atoms with Crippen LogP contribution in [0.3, 0.4) is 0 Å². The summed E-state index contributed by atoms with van der Waals surface area (Å²) in [4.78, 5) is 96.3. The van der Waals surface area contributed by atoms with Crippen LogP contribution in [0.1, 0.15) is 111 Å². The molecular formula is C43H62N6O9. The molecule has 1 aliphatic heterocycles. The summed E-state index contributed by atoms with van der Waals surface area (Å²) < 4.78 is 5.48. The number of benzene rings is 2. The minimum absolute atomic E-state index is 0.0983. The number of aliphatic hydroxyl groups is 1. The lowest BCUT2D eigenvalue weighted by atomic mass is 9.83. The van der Waals surface area contributed by atoms with E-state index in [0.717, 1.165) is 29.7 Å². The number of hydrogen-bond donors (Lipinski definition) is 5. The summed E-state index contributed by atoms with van der Waals surface area (Å²) in [5.74, 6) is -3.77. The molecule has 5 N–H and O–H groups in total. The van der Waals surface area contributed by atoms with Crippen molar-refractivity contribution in [3.8, 4) is 0 Å². The number of urea groups is 1. The van der Waals surface area contributed by atoms with Gasteiger partial charge in [0.2, 0.25) is 11.8 Å². The van der Waals surface area contributed by atoms with E-state index < -0.39 is 78.2 Å². The van der Waals surface area contributed by atoms with Crippen molar-refractivity contribution in [1.29, 1.82) is 0 Å². The first kappa shape index (κ1) is 47.1. The second-order valence-corrected chi connectivity index (χ2v) is 15.5. The Hall–Kier alpha value is -5.31. The van der Waals surface area contributed by atoms with Crippen molar-refractivity contribution < 1.29 is 43.4 Å². The maximum Gasteiger partial charge on any atom is 0.408 e. The van der Waals surface area contributed by atoms with Gasteiger partial charge in [-0.1, -0.05) is 107 Å². The number of carbonyl (C=O) groups excluding carboxylic acids is 7. The molecular weight excluding hydrogens is 745 g/mol. The molecule has 2 fully saturated rings. The Morgan fingerprint density at radius 2 is 1.48 bits per heavy atom. The molecule has 0 aromatic heterocycles. The highest BCUT2D eigenvalue weighted by atomic mass is 16.6. The quantitative estimate of drug-likeness (QED) is 0.162. The lowest BCUT2D eigenvalue weighted by Gasteiger charge is -2.34. The number of amides is 7. The Labute approximate surface area is 342 Å². The third-order valence-corrected chi connectivity index (χ3v) is 9.84. The van der Waals surface area contributed by atoms with Crippen molar-refractivity contribution in [1.82, 2.24) is 31.1 Å². The second-order valence-electron chi connectivity index (χ2n) is 15.5. The molecule has 0 spiro atoms. The Kier molecular flexibility index (Phi) is 18.3. The van der Waals surface area contributed by atoms with Crippen LogP contribution in [0.25, 0.3) is 0 Å². The Morgan fingerprint density at radius 1 is 0.879 bits per heavy atom. The first-order chi connectivity index (χ1) is 27.6. The van der Waals surface area contributed by atoms with Gasteiger partial charge in [0.05, 0.1) is 19.1 Å². The average molecular weight is 807 g/mol. The van der Waals surface area contributed by atoms with Crippen LogP contribution in [-0.2, 0) is 35.3 Å². The molecule has 1 saturated heterocycles. The lowest BCUT2D eigenvalue weighted by Crippen LogP contribution is -2.60. The standard InChI is InChI=1S/C41H56N6O9.C2H6/c1-6-16-30(35(50)37(52)42-23-32(49)44-33(26(2)48)28-19-12-8-13-20-28)43-36(51)31-25-46(24-27-17-10-7-11-18-27)40(55)47(31)38(53)34(29-21-14-9-15-22-29)45-39(54)56-41(3,4)5;1-2/h7-8,10-13,17-20,29-31,33-35,50H,6,9,14-16,21-25H2,1-5H3,(H,42,52)(H,43,51)(H,44,49)(H,45,54);1-2H3/t30?,31?,33-,34?,35?;/m1./s1. The number of Topliss-reactive ketones (excluding diaryl/α,β-unsaturated/α-hetero) is 1. The molecule has 0 bridgehead atoms. The van der Waals surface area contributed by atoms with Gasteiger partial charge in [0.15, 0.2) is 11.9 Å². The maximum absolute atomic E-state index is 14.5. The Morgan fingerprint density at radius 3 is 2.05 bits per heavy atom. The van der Waals surface area contributed by atoms with E-state index in [4.69, 9.17) is 4.74 Å². The van der Waals surface area contributed by atoms with E-state index >= 15 is 0 Å². The van der Waals surface area contributed by atoms with Crippen LogP contribution in [0, 0.1) is 5.92 Å². The van der Waals surface area contributed by atoms with Crippen LogP contribution in [0.2, 0.25) is 0 Å². The number of aliphatic hydroxyl groups excluding tert-OH is 1. The van der Waals surface area contributed by atoms with Crippen molar-refractivity contribution in [3.05, 3.63) is 71.8 Å². The van der Waals surface area contributed by atoms with E-state index in [1.54, 1.807) is 58.0 Å². The topological polar surface area (TPSA) is 204 Å². The van der Waals surface area contributed by atoms with Gasteiger partial charge < -0.3 is 36.0 Å². The monoisotopic (exact) mass is 806 g/mol. The molecule has 2 aliphatic rings. The number of nitrogens with one attached hydrogen (secondary N) is 4. The zero-order chi connectivity index (χ0) is 43.0. The fourth-order valence-corrected chi connectivity index (χ4v) is 7.10. The maximum atomic E-state index is 14.5. The molecule has 15 nitrogen and oxygen atoms in total. The molecule has 4 unspecified atom stereocenters.